The van der Waals surface area contributed by atoms with Crippen molar-refractivity contribution in [1.82, 2.24) is 9.88 Å². The number of hydrogen-bond acceptors (Lipinski definition) is 5. The van der Waals surface area contributed by atoms with Gasteiger partial charge in [-0.2, -0.15) is 0 Å². The van der Waals surface area contributed by atoms with Crippen LogP contribution in [0.25, 0.3) is 0 Å². The van der Waals surface area contributed by atoms with Crippen LogP contribution in [0, 0.1) is 13.8 Å². The predicted octanol–water partition coefficient (Wildman–Crippen LogP) is 3.43. The highest BCUT2D eigenvalue weighted by molar-refractivity contribution is 5.60. The Kier molecular flexibility index (Phi) is 5.67. The Balaban J connectivity index is 1.69. The molecule has 26 heavy (non-hydrogen) atoms. The van der Waals surface area contributed by atoms with E-state index in [1.807, 2.05) is 19.2 Å². The molecule has 0 spiro atoms. The first-order valence-corrected chi connectivity index (χ1v) is 9.21. The molecule has 1 aliphatic rings. The second-order valence-corrected chi connectivity index (χ2v) is 6.99. The van der Waals surface area contributed by atoms with E-state index < -0.39 is 0 Å². The van der Waals surface area contributed by atoms with Gasteiger partial charge >= 0.3 is 0 Å². The van der Waals surface area contributed by atoms with Gasteiger partial charge in [-0.05, 0) is 40.0 Å². The summed E-state index contributed by atoms with van der Waals surface area (Å²) in [5.41, 5.74) is 4.43. The van der Waals surface area contributed by atoms with E-state index in [4.69, 9.17) is 9.47 Å². The van der Waals surface area contributed by atoms with Gasteiger partial charge in [0.2, 0.25) is 0 Å². The van der Waals surface area contributed by atoms with Crippen LogP contribution in [0.1, 0.15) is 23.7 Å². The number of hydrogen-bond donors (Lipinski definition) is 0. The van der Waals surface area contributed by atoms with Gasteiger partial charge < -0.3 is 14.4 Å². The molecule has 3 rings (SSSR count). The molecule has 0 saturated carbocycles. The molecule has 0 aliphatic carbocycles. The minimum absolute atomic E-state index is 0.141. The molecule has 0 amide bonds. The van der Waals surface area contributed by atoms with E-state index in [2.05, 4.69) is 53.9 Å². The molecule has 0 saturated heterocycles. The monoisotopic (exact) mass is 355 g/mol. The Morgan fingerprint density at radius 1 is 1.31 bits per heavy atom. The highest BCUT2D eigenvalue weighted by Gasteiger charge is 2.25. The third-order valence-electron chi connectivity index (χ3n) is 4.99. The maximum Gasteiger partial charge on any atom is 0.143 e. The van der Waals surface area contributed by atoms with Crippen molar-refractivity contribution in [2.45, 2.75) is 33.4 Å². The molecule has 1 aromatic carbocycles. The summed E-state index contributed by atoms with van der Waals surface area (Å²) in [5.74, 6) is 1.91. The van der Waals surface area contributed by atoms with E-state index in [0.717, 1.165) is 54.5 Å². The van der Waals surface area contributed by atoms with E-state index >= 15 is 0 Å². The van der Waals surface area contributed by atoms with Crippen LogP contribution in [0.3, 0.4) is 0 Å². The number of anilines is 1. The van der Waals surface area contributed by atoms with Gasteiger partial charge in [0.05, 0.1) is 25.0 Å². The van der Waals surface area contributed by atoms with E-state index in [-0.39, 0.29) is 6.10 Å². The molecule has 2 aromatic rings. The minimum Gasteiger partial charge on any atom is -0.496 e. The van der Waals surface area contributed by atoms with Gasteiger partial charge in [-0.15, -0.1) is 0 Å². The highest BCUT2D eigenvalue weighted by atomic mass is 16.5. The van der Waals surface area contributed by atoms with Gasteiger partial charge in [0, 0.05) is 37.0 Å². The van der Waals surface area contributed by atoms with Gasteiger partial charge in [0.25, 0.3) is 0 Å². The predicted molar refractivity (Wildman–Crippen MR) is 105 cm³/mol. The van der Waals surface area contributed by atoms with Gasteiger partial charge in [-0.1, -0.05) is 12.1 Å². The summed E-state index contributed by atoms with van der Waals surface area (Å²) in [5, 5.41) is 0. The molecule has 0 unspecified atom stereocenters. The zero-order valence-electron chi connectivity index (χ0n) is 16.5. The summed E-state index contributed by atoms with van der Waals surface area (Å²) in [6.45, 7) is 9.80. The van der Waals surface area contributed by atoms with Gasteiger partial charge in [0.15, 0.2) is 0 Å². The second kappa shape index (κ2) is 7.96. The average Bonchev–Trinajstić information content (AvgIpc) is 2.64. The quantitative estimate of drug-likeness (QED) is 0.794. The fourth-order valence-electron chi connectivity index (χ4n) is 3.67. The highest BCUT2D eigenvalue weighted by Crippen LogP contribution is 2.33. The number of para-hydroxylation sites is 2. The van der Waals surface area contributed by atoms with Crippen LogP contribution in [0.5, 0.6) is 11.5 Å². The third-order valence-corrected chi connectivity index (χ3v) is 4.99. The first-order valence-electron chi connectivity index (χ1n) is 9.21. The molecule has 1 aliphatic heterocycles. The molecule has 140 valence electrons. The second-order valence-electron chi connectivity index (χ2n) is 6.99. The van der Waals surface area contributed by atoms with Crippen molar-refractivity contribution in [3.63, 3.8) is 0 Å². The molecular formula is C21H29N3O2. The molecule has 5 heteroatoms. The topological polar surface area (TPSA) is 37.8 Å². The molecule has 1 atom stereocenters. The van der Waals surface area contributed by atoms with Crippen LogP contribution in [0.15, 0.2) is 30.5 Å². The number of aryl methyl sites for hydroxylation is 1. The van der Waals surface area contributed by atoms with E-state index in [9.17, 15) is 0 Å². The molecule has 0 bridgehead atoms. The van der Waals surface area contributed by atoms with Crippen molar-refractivity contribution in [3.05, 3.63) is 47.3 Å². The zero-order valence-corrected chi connectivity index (χ0v) is 16.5. The SMILES string of the molecule is CCN1C[C@H](CN(C)Cc2ncc(C)c(OC)c2C)Oc2ccccc21. The van der Waals surface area contributed by atoms with Crippen LogP contribution in [-0.2, 0) is 6.54 Å². The van der Waals surface area contributed by atoms with Crippen LogP contribution in [0.2, 0.25) is 0 Å². The molecule has 5 nitrogen and oxygen atoms in total. The van der Waals surface area contributed by atoms with Crippen molar-refractivity contribution in [1.29, 1.82) is 0 Å². The van der Waals surface area contributed by atoms with E-state index in [1.54, 1.807) is 7.11 Å². The van der Waals surface area contributed by atoms with Gasteiger partial charge in [-0.3, -0.25) is 9.88 Å². The summed E-state index contributed by atoms with van der Waals surface area (Å²) in [4.78, 5) is 9.27. The number of nitrogens with zero attached hydrogens (tertiary/aromatic N) is 3. The number of aromatic nitrogens is 1. The fourth-order valence-corrected chi connectivity index (χ4v) is 3.67. The van der Waals surface area contributed by atoms with Crippen molar-refractivity contribution in [3.8, 4) is 11.5 Å². The Morgan fingerprint density at radius 3 is 2.81 bits per heavy atom. The summed E-state index contributed by atoms with van der Waals surface area (Å²) in [6, 6.07) is 8.28. The largest absolute Gasteiger partial charge is 0.496 e. The van der Waals surface area contributed by atoms with Crippen molar-refractivity contribution >= 4 is 5.69 Å². The number of methoxy groups -OCH3 is 1. The first-order chi connectivity index (χ1) is 12.5. The lowest BCUT2D eigenvalue weighted by Crippen LogP contribution is -2.45. The van der Waals surface area contributed by atoms with Crippen LogP contribution >= 0.6 is 0 Å². The Morgan fingerprint density at radius 2 is 2.08 bits per heavy atom. The minimum atomic E-state index is 0.141. The third kappa shape index (κ3) is 3.78. The fraction of sp³-hybridized carbons (Fsp3) is 0.476. The number of pyridine rings is 1. The van der Waals surface area contributed by atoms with Crippen LogP contribution in [-0.4, -0.2) is 49.8 Å². The van der Waals surface area contributed by atoms with Gasteiger partial charge in [0.1, 0.15) is 17.6 Å². The van der Waals surface area contributed by atoms with Crippen LogP contribution in [0.4, 0.5) is 5.69 Å². The number of fused-ring (bicyclic) bond motifs is 1. The zero-order chi connectivity index (χ0) is 18.7. The molecule has 2 heterocycles. The Hall–Kier alpha value is -2.27. The summed E-state index contributed by atoms with van der Waals surface area (Å²) < 4.78 is 11.8. The number of rotatable bonds is 6. The van der Waals surface area contributed by atoms with E-state index in [1.165, 1.54) is 5.69 Å². The lowest BCUT2D eigenvalue weighted by atomic mass is 10.1. The Labute approximate surface area is 156 Å². The standard InChI is InChI=1S/C21H29N3O2/c1-6-24-13-17(26-20-10-8-7-9-19(20)24)12-23(4)14-18-16(3)21(25-5)15(2)11-22-18/h7-11,17H,6,12-14H2,1-5H3/t17-/m0/s1. The first kappa shape index (κ1) is 18.5. The van der Waals surface area contributed by atoms with Gasteiger partial charge in [-0.25, -0.2) is 0 Å². The summed E-state index contributed by atoms with van der Waals surface area (Å²) in [7, 11) is 3.84. The molecule has 0 radical (unpaired) electrons. The maximum absolute atomic E-state index is 6.24. The number of benzene rings is 1. The maximum atomic E-state index is 6.24. The summed E-state index contributed by atoms with van der Waals surface area (Å²) >= 11 is 0. The number of ether oxygens (including phenoxy) is 2. The lowest BCUT2D eigenvalue weighted by Gasteiger charge is -2.37. The molecule has 0 N–H and O–H groups in total. The van der Waals surface area contributed by atoms with Crippen molar-refractivity contribution in [2.24, 2.45) is 0 Å². The lowest BCUT2D eigenvalue weighted by molar-refractivity contribution is 0.139. The molecule has 0 fully saturated rings. The van der Waals surface area contributed by atoms with Crippen molar-refractivity contribution < 1.29 is 9.47 Å². The molecular weight excluding hydrogens is 326 g/mol. The smallest absolute Gasteiger partial charge is 0.143 e. The molecule has 1 aromatic heterocycles. The van der Waals surface area contributed by atoms with Crippen molar-refractivity contribution in [2.75, 3.05) is 38.7 Å². The Bertz CT molecular complexity index is 763. The van der Waals surface area contributed by atoms with Crippen LogP contribution < -0.4 is 14.4 Å². The normalized spacial score (nSPS) is 16.4. The van der Waals surface area contributed by atoms with E-state index in [0.29, 0.717) is 0 Å². The average molecular weight is 355 g/mol. The summed E-state index contributed by atoms with van der Waals surface area (Å²) in [6.07, 6.45) is 2.03. The number of likely N-dealkylation sites (N-methyl/N-ethyl adjacent to an activating group) is 2.